The number of halogens is 1. The summed E-state index contributed by atoms with van der Waals surface area (Å²) in [6.07, 6.45) is 0.156. The maximum Gasteiger partial charge on any atom is 0.307 e. The number of hydrogen-bond donors (Lipinski definition) is 1. The summed E-state index contributed by atoms with van der Waals surface area (Å²) in [5.41, 5.74) is 8.76. The average Bonchev–Trinajstić information content (AvgIpc) is 2.48. The maximum atomic E-state index is 12.9. The highest BCUT2D eigenvalue weighted by molar-refractivity contribution is 5.70. The molecule has 2 aromatic carbocycles. The Morgan fingerprint density at radius 2 is 1.62 bits per heavy atom. The van der Waals surface area contributed by atoms with E-state index in [9.17, 15) is 9.18 Å². The standard InChI is InChI=1S/C17H18FNO2/c1-2-21-17(20)11-16(19)14-5-3-12(4-6-14)13-7-9-15(18)10-8-13/h3-10,16H,2,11,19H2,1H3. The van der Waals surface area contributed by atoms with E-state index in [1.165, 1.54) is 12.1 Å². The molecule has 4 heteroatoms. The zero-order chi connectivity index (χ0) is 15.2. The van der Waals surface area contributed by atoms with Crippen molar-refractivity contribution in [1.29, 1.82) is 0 Å². The minimum Gasteiger partial charge on any atom is -0.466 e. The van der Waals surface area contributed by atoms with Gasteiger partial charge in [-0.05, 0) is 35.7 Å². The number of benzene rings is 2. The maximum absolute atomic E-state index is 12.9. The topological polar surface area (TPSA) is 52.3 Å². The molecule has 0 aliphatic rings. The van der Waals surface area contributed by atoms with Gasteiger partial charge in [0.1, 0.15) is 5.82 Å². The van der Waals surface area contributed by atoms with Crippen LogP contribution in [0, 0.1) is 5.82 Å². The van der Waals surface area contributed by atoms with Crippen molar-refractivity contribution in [2.45, 2.75) is 19.4 Å². The van der Waals surface area contributed by atoms with Gasteiger partial charge in [0, 0.05) is 6.04 Å². The number of ether oxygens (including phenoxy) is 1. The Morgan fingerprint density at radius 1 is 1.10 bits per heavy atom. The van der Waals surface area contributed by atoms with Crippen molar-refractivity contribution >= 4 is 5.97 Å². The molecule has 0 spiro atoms. The monoisotopic (exact) mass is 287 g/mol. The second-order valence-electron chi connectivity index (χ2n) is 4.74. The second-order valence-corrected chi connectivity index (χ2v) is 4.74. The number of nitrogens with two attached hydrogens (primary N) is 1. The summed E-state index contributed by atoms with van der Waals surface area (Å²) in [6.45, 7) is 2.12. The van der Waals surface area contributed by atoms with E-state index in [-0.39, 0.29) is 24.2 Å². The minimum absolute atomic E-state index is 0.156. The molecule has 0 saturated carbocycles. The highest BCUT2D eigenvalue weighted by atomic mass is 19.1. The van der Waals surface area contributed by atoms with Gasteiger partial charge in [-0.15, -0.1) is 0 Å². The van der Waals surface area contributed by atoms with Gasteiger partial charge in [0.25, 0.3) is 0 Å². The zero-order valence-electron chi connectivity index (χ0n) is 11.9. The molecular weight excluding hydrogens is 269 g/mol. The molecule has 21 heavy (non-hydrogen) atoms. The third-order valence-corrected chi connectivity index (χ3v) is 3.21. The molecule has 1 unspecified atom stereocenters. The summed E-state index contributed by atoms with van der Waals surface area (Å²) in [6, 6.07) is 13.5. The van der Waals surface area contributed by atoms with E-state index in [0.29, 0.717) is 6.61 Å². The Balaban J connectivity index is 2.08. The van der Waals surface area contributed by atoms with Gasteiger partial charge in [0.05, 0.1) is 13.0 Å². The van der Waals surface area contributed by atoms with Crippen molar-refractivity contribution in [3.8, 4) is 11.1 Å². The first kappa shape index (κ1) is 15.2. The molecule has 2 rings (SSSR count). The summed E-state index contributed by atoms with van der Waals surface area (Å²) in [4.78, 5) is 11.4. The number of carbonyl (C=O) groups excluding carboxylic acids is 1. The van der Waals surface area contributed by atoms with Crippen LogP contribution in [0.4, 0.5) is 4.39 Å². The van der Waals surface area contributed by atoms with Gasteiger partial charge in [0.15, 0.2) is 0 Å². The van der Waals surface area contributed by atoms with Gasteiger partial charge >= 0.3 is 5.97 Å². The molecule has 0 aliphatic heterocycles. The molecule has 1 atom stereocenters. The summed E-state index contributed by atoms with van der Waals surface area (Å²) >= 11 is 0. The predicted molar refractivity (Wildman–Crippen MR) is 80.0 cm³/mol. The normalized spacial score (nSPS) is 12.0. The summed E-state index contributed by atoms with van der Waals surface area (Å²) in [7, 11) is 0. The van der Waals surface area contributed by atoms with Crippen LogP contribution in [0.2, 0.25) is 0 Å². The van der Waals surface area contributed by atoms with Crippen molar-refractivity contribution in [2.75, 3.05) is 6.61 Å². The van der Waals surface area contributed by atoms with E-state index >= 15 is 0 Å². The smallest absolute Gasteiger partial charge is 0.307 e. The van der Waals surface area contributed by atoms with Crippen molar-refractivity contribution in [1.82, 2.24) is 0 Å². The molecule has 0 heterocycles. The number of hydrogen-bond acceptors (Lipinski definition) is 3. The molecule has 0 amide bonds. The zero-order valence-corrected chi connectivity index (χ0v) is 11.9. The fourth-order valence-electron chi connectivity index (χ4n) is 2.08. The summed E-state index contributed by atoms with van der Waals surface area (Å²) in [5.74, 6) is -0.556. The largest absolute Gasteiger partial charge is 0.466 e. The van der Waals surface area contributed by atoms with Crippen molar-refractivity contribution in [3.05, 3.63) is 59.9 Å². The van der Waals surface area contributed by atoms with E-state index < -0.39 is 0 Å². The van der Waals surface area contributed by atoms with Gasteiger partial charge in [0.2, 0.25) is 0 Å². The lowest BCUT2D eigenvalue weighted by Crippen LogP contribution is -2.17. The molecule has 0 bridgehead atoms. The molecule has 0 aromatic heterocycles. The second kappa shape index (κ2) is 6.99. The van der Waals surface area contributed by atoms with Crippen LogP contribution in [0.5, 0.6) is 0 Å². The lowest BCUT2D eigenvalue weighted by atomic mass is 10.00. The molecule has 2 aromatic rings. The Hall–Kier alpha value is -2.20. The van der Waals surface area contributed by atoms with E-state index in [1.807, 2.05) is 24.3 Å². The van der Waals surface area contributed by atoms with E-state index in [2.05, 4.69) is 0 Å². The first-order valence-electron chi connectivity index (χ1n) is 6.87. The third kappa shape index (κ3) is 4.13. The van der Waals surface area contributed by atoms with Gasteiger partial charge < -0.3 is 10.5 Å². The van der Waals surface area contributed by atoms with Crippen LogP contribution >= 0.6 is 0 Å². The fraction of sp³-hybridized carbons (Fsp3) is 0.235. The Kier molecular flexibility index (Phi) is 5.06. The van der Waals surface area contributed by atoms with Crippen LogP contribution in [0.15, 0.2) is 48.5 Å². The van der Waals surface area contributed by atoms with Gasteiger partial charge in [-0.2, -0.15) is 0 Å². The lowest BCUT2D eigenvalue weighted by Gasteiger charge is -2.12. The highest BCUT2D eigenvalue weighted by Gasteiger charge is 2.12. The van der Waals surface area contributed by atoms with Crippen LogP contribution in [0.3, 0.4) is 0 Å². The quantitative estimate of drug-likeness (QED) is 0.857. The molecule has 3 nitrogen and oxygen atoms in total. The summed E-state index contributed by atoms with van der Waals surface area (Å²) < 4.78 is 17.8. The van der Waals surface area contributed by atoms with Crippen LogP contribution in [-0.2, 0) is 9.53 Å². The van der Waals surface area contributed by atoms with Crippen molar-refractivity contribution in [2.24, 2.45) is 5.73 Å². The lowest BCUT2D eigenvalue weighted by molar-refractivity contribution is -0.143. The van der Waals surface area contributed by atoms with Crippen LogP contribution in [0.1, 0.15) is 24.9 Å². The SMILES string of the molecule is CCOC(=O)CC(N)c1ccc(-c2ccc(F)cc2)cc1. The molecule has 110 valence electrons. The van der Waals surface area contributed by atoms with E-state index in [1.54, 1.807) is 19.1 Å². The summed E-state index contributed by atoms with van der Waals surface area (Å²) in [5, 5.41) is 0. The van der Waals surface area contributed by atoms with Crippen molar-refractivity contribution < 1.29 is 13.9 Å². The fourth-order valence-corrected chi connectivity index (χ4v) is 2.08. The molecular formula is C17H18FNO2. The Bertz CT molecular complexity index is 593. The highest BCUT2D eigenvalue weighted by Crippen LogP contribution is 2.22. The number of rotatable bonds is 5. The number of carbonyl (C=O) groups is 1. The van der Waals surface area contributed by atoms with Crippen molar-refractivity contribution in [3.63, 3.8) is 0 Å². The number of esters is 1. The van der Waals surface area contributed by atoms with Crippen LogP contribution < -0.4 is 5.73 Å². The van der Waals surface area contributed by atoms with Gasteiger partial charge in [-0.3, -0.25) is 4.79 Å². The Labute approximate surface area is 123 Å². The van der Waals surface area contributed by atoms with Crippen LogP contribution in [-0.4, -0.2) is 12.6 Å². The van der Waals surface area contributed by atoms with Crippen LogP contribution in [0.25, 0.3) is 11.1 Å². The van der Waals surface area contributed by atoms with Gasteiger partial charge in [-0.25, -0.2) is 4.39 Å². The predicted octanol–water partition coefficient (Wildman–Crippen LogP) is 3.45. The molecule has 0 aliphatic carbocycles. The molecule has 0 radical (unpaired) electrons. The molecule has 0 saturated heterocycles. The molecule has 2 N–H and O–H groups in total. The minimum atomic E-state index is -0.383. The first-order chi connectivity index (χ1) is 10.1. The first-order valence-corrected chi connectivity index (χ1v) is 6.87. The van der Waals surface area contributed by atoms with E-state index in [0.717, 1.165) is 16.7 Å². The average molecular weight is 287 g/mol. The van der Waals surface area contributed by atoms with Gasteiger partial charge in [-0.1, -0.05) is 36.4 Å². The molecule has 0 fully saturated rings. The Morgan fingerprint density at radius 3 is 2.14 bits per heavy atom. The third-order valence-electron chi connectivity index (χ3n) is 3.21. The van der Waals surface area contributed by atoms with E-state index in [4.69, 9.17) is 10.5 Å².